The van der Waals surface area contributed by atoms with E-state index in [1.807, 2.05) is 26.0 Å². The van der Waals surface area contributed by atoms with E-state index in [0.29, 0.717) is 35.0 Å². The highest BCUT2D eigenvalue weighted by molar-refractivity contribution is 5.77. The van der Waals surface area contributed by atoms with E-state index in [1.165, 1.54) is 10.9 Å². The maximum Gasteiger partial charge on any atom is 0.278 e. The maximum absolute atomic E-state index is 13.2. The summed E-state index contributed by atoms with van der Waals surface area (Å²) in [6.45, 7) is 15.3. The summed E-state index contributed by atoms with van der Waals surface area (Å²) in [6.07, 6.45) is 3.16. The molecule has 0 atom stereocenters. The largest absolute Gasteiger partial charge is 0.389 e. The van der Waals surface area contributed by atoms with Crippen molar-refractivity contribution in [3.8, 4) is 5.82 Å². The molecule has 0 saturated carbocycles. The molecule has 3 N–H and O–H groups in total. The number of aromatic nitrogens is 5. The summed E-state index contributed by atoms with van der Waals surface area (Å²) >= 11 is 0. The van der Waals surface area contributed by atoms with E-state index in [9.17, 15) is 15.0 Å². The number of hydrogen-bond donors (Lipinski definition) is 3. The molecule has 5 rings (SSSR count). The number of benzene rings is 1. The molecule has 0 aliphatic carbocycles. The Morgan fingerprint density at radius 1 is 1.00 bits per heavy atom. The Bertz CT molecular complexity index is 1590. The fourth-order valence-corrected chi connectivity index (χ4v) is 5.09. The number of hydrogen-bond acceptors (Lipinski definition) is 9. The van der Waals surface area contributed by atoms with Crippen LogP contribution in [0.2, 0.25) is 0 Å². The molecule has 11 heteroatoms. The van der Waals surface area contributed by atoms with Crippen LogP contribution in [0.5, 0.6) is 0 Å². The second-order valence-corrected chi connectivity index (χ2v) is 11.6. The van der Waals surface area contributed by atoms with Gasteiger partial charge in [-0.1, -0.05) is 12.1 Å². The highest BCUT2D eigenvalue weighted by Crippen LogP contribution is 2.24. The first kappa shape index (κ1) is 28.5. The first-order valence-corrected chi connectivity index (χ1v) is 13.8. The molecule has 0 radical (unpaired) electrons. The molecule has 11 nitrogen and oxygen atoms in total. The second kappa shape index (κ2) is 11.1. The summed E-state index contributed by atoms with van der Waals surface area (Å²) in [4.78, 5) is 31.6. The van der Waals surface area contributed by atoms with Gasteiger partial charge in [-0.15, -0.1) is 6.58 Å². The Morgan fingerprint density at radius 3 is 2.34 bits per heavy atom. The van der Waals surface area contributed by atoms with Gasteiger partial charge in [-0.25, -0.2) is 19.3 Å². The number of β-amino-alcohol motifs (C(OH)–C–C–N with tert-alkyl or cyclic N) is 1. The summed E-state index contributed by atoms with van der Waals surface area (Å²) in [5.74, 6) is 0.795. The Hall–Kier alpha value is -4.06. The van der Waals surface area contributed by atoms with Crippen molar-refractivity contribution in [2.24, 2.45) is 0 Å². The number of allylic oxidation sites excluding steroid dienone is 1. The quantitative estimate of drug-likeness (QED) is 0.266. The Kier molecular flexibility index (Phi) is 7.69. The number of fused-ring (bicyclic) bond motifs is 1. The van der Waals surface area contributed by atoms with Crippen LogP contribution < -0.4 is 15.8 Å². The summed E-state index contributed by atoms with van der Waals surface area (Å²) < 4.78 is 3.14. The van der Waals surface area contributed by atoms with Gasteiger partial charge in [-0.05, 0) is 64.1 Å². The molecule has 1 fully saturated rings. The van der Waals surface area contributed by atoms with Gasteiger partial charge in [-0.3, -0.25) is 9.69 Å². The minimum atomic E-state index is -1.15. The lowest BCUT2D eigenvalue weighted by molar-refractivity contribution is 0.0345. The van der Waals surface area contributed by atoms with Crippen molar-refractivity contribution in [3.05, 3.63) is 77.4 Å². The molecule has 0 unspecified atom stereocenters. The molecular formula is C30H38N8O3. The van der Waals surface area contributed by atoms with E-state index >= 15 is 0 Å². The molecule has 1 aromatic carbocycles. The van der Waals surface area contributed by atoms with Crippen LogP contribution in [0.4, 0.5) is 17.3 Å². The normalized spacial score (nSPS) is 14.9. The molecule has 1 aliphatic heterocycles. The van der Waals surface area contributed by atoms with Crippen LogP contribution in [0.15, 0.2) is 66.1 Å². The Morgan fingerprint density at radius 2 is 1.71 bits per heavy atom. The van der Waals surface area contributed by atoms with E-state index in [-0.39, 0.29) is 12.1 Å². The van der Waals surface area contributed by atoms with Crippen LogP contribution >= 0.6 is 0 Å². The average Bonchev–Trinajstić information content (AvgIpc) is 3.19. The molecule has 4 aromatic rings. The number of pyridine rings is 1. The van der Waals surface area contributed by atoms with Gasteiger partial charge < -0.3 is 20.4 Å². The van der Waals surface area contributed by atoms with Crippen LogP contribution in [-0.2, 0) is 12.1 Å². The molecule has 216 valence electrons. The topological polar surface area (TPSA) is 125 Å². The molecule has 0 bridgehead atoms. The molecule has 4 heterocycles. The highest BCUT2D eigenvalue weighted by Gasteiger charge is 2.24. The average molecular weight is 559 g/mol. The number of nitrogens with one attached hydrogen (secondary N) is 1. The molecule has 0 amide bonds. The zero-order chi connectivity index (χ0) is 29.4. The van der Waals surface area contributed by atoms with Crippen molar-refractivity contribution in [3.63, 3.8) is 0 Å². The fraction of sp³-hybridized carbons (Fsp3) is 0.400. The first-order valence-electron chi connectivity index (χ1n) is 13.8. The predicted octanol–water partition coefficient (Wildman–Crippen LogP) is 3.03. The van der Waals surface area contributed by atoms with Crippen molar-refractivity contribution in [2.45, 2.75) is 45.4 Å². The van der Waals surface area contributed by atoms with Gasteiger partial charge in [0.05, 0.1) is 17.8 Å². The van der Waals surface area contributed by atoms with Crippen LogP contribution in [0.25, 0.3) is 16.9 Å². The third-order valence-electron chi connectivity index (χ3n) is 7.03. The predicted molar refractivity (Wildman–Crippen MR) is 161 cm³/mol. The second-order valence-electron chi connectivity index (χ2n) is 11.6. The van der Waals surface area contributed by atoms with Gasteiger partial charge >= 0.3 is 0 Å². The van der Waals surface area contributed by atoms with Crippen LogP contribution in [-0.4, -0.2) is 77.8 Å². The maximum atomic E-state index is 13.2. The summed E-state index contributed by atoms with van der Waals surface area (Å²) in [5.41, 5.74) is 0.712. The van der Waals surface area contributed by atoms with Crippen molar-refractivity contribution < 1.29 is 10.2 Å². The van der Waals surface area contributed by atoms with E-state index < -0.39 is 11.2 Å². The van der Waals surface area contributed by atoms with Gasteiger partial charge in [0, 0.05) is 50.3 Å². The lowest BCUT2D eigenvalue weighted by Gasteiger charge is -2.38. The summed E-state index contributed by atoms with van der Waals surface area (Å²) in [5, 5.41) is 24.2. The Balaban J connectivity index is 1.39. The molecular weight excluding hydrogens is 520 g/mol. The molecule has 1 aliphatic rings. The van der Waals surface area contributed by atoms with E-state index in [0.717, 1.165) is 37.6 Å². The van der Waals surface area contributed by atoms with Gasteiger partial charge in [0.15, 0.2) is 11.5 Å². The minimum absolute atomic E-state index is 0.250. The lowest BCUT2D eigenvalue weighted by Crippen LogP contribution is -2.50. The number of aliphatic hydroxyl groups is 2. The van der Waals surface area contributed by atoms with E-state index in [2.05, 4.69) is 43.8 Å². The van der Waals surface area contributed by atoms with Crippen molar-refractivity contribution >= 4 is 28.4 Å². The van der Waals surface area contributed by atoms with Crippen molar-refractivity contribution in [1.29, 1.82) is 0 Å². The molecule has 1 saturated heterocycles. The SMILES string of the molecule is C=CCn1c(=O)c2cnc(Nc3ccc(N4CCN(CC(C)(C)O)CC4)cc3)nc2n1-c1cccc(C(C)(C)O)n1. The number of rotatable bonds is 9. The molecule has 41 heavy (non-hydrogen) atoms. The third-order valence-corrected chi connectivity index (χ3v) is 7.03. The summed E-state index contributed by atoms with van der Waals surface area (Å²) in [7, 11) is 0. The zero-order valence-electron chi connectivity index (χ0n) is 24.1. The fourth-order valence-electron chi connectivity index (χ4n) is 5.09. The van der Waals surface area contributed by atoms with Crippen LogP contribution in [0.3, 0.4) is 0 Å². The number of piperazine rings is 1. The first-order chi connectivity index (χ1) is 19.4. The third kappa shape index (κ3) is 6.32. The van der Waals surface area contributed by atoms with E-state index in [4.69, 9.17) is 4.98 Å². The summed E-state index contributed by atoms with van der Waals surface area (Å²) in [6, 6.07) is 13.4. The number of nitrogens with zero attached hydrogens (tertiary/aromatic N) is 7. The van der Waals surface area contributed by atoms with E-state index in [1.54, 1.807) is 42.8 Å². The lowest BCUT2D eigenvalue weighted by atomic mass is 10.1. The monoisotopic (exact) mass is 558 g/mol. The van der Waals surface area contributed by atoms with Gasteiger partial charge in [0.1, 0.15) is 11.0 Å². The van der Waals surface area contributed by atoms with Gasteiger partial charge in [-0.2, -0.15) is 4.98 Å². The highest BCUT2D eigenvalue weighted by atomic mass is 16.3. The standard InChI is InChI=1S/C30H38N8O3/c1-6-14-37-27(39)23-19-31-28(34-26(23)38(37)25-9-7-8-24(33-25)30(4,5)41)32-21-10-12-22(13-11-21)36-17-15-35(16-18-36)20-29(2,3)40/h6-13,19,40-41H,1,14-18,20H2,2-5H3,(H,31,32,34). The van der Waals surface area contributed by atoms with Gasteiger partial charge in [0.25, 0.3) is 5.56 Å². The molecule has 3 aromatic heterocycles. The molecule has 0 spiro atoms. The number of anilines is 3. The van der Waals surface area contributed by atoms with Crippen LogP contribution in [0, 0.1) is 0 Å². The van der Waals surface area contributed by atoms with Gasteiger partial charge in [0.2, 0.25) is 5.95 Å². The minimum Gasteiger partial charge on any atom is -0.389 e. The van der Waals surface area contributed by atoms with Crippen molar-refractivity contribution in [2.75, 3.05) is 42.9 Å². The van der Waals surface area contributed by atoms with Crippen LogP contribution in [0.1, 0.15) is 33.4 Å². The van der Waals surface area contributed by atoms with Crippen molar-refractivity contribution in [1.82, 2.24) is 29.2 Å². The Labute approximate surface area is 239 Å². The zero-order valence-corrected chi connectivity index (χ0v) is 24.1. The smallest absolute Gasteiger partial charge is 0.278 e.